The summed E-state index contributed by atoms with van der Waals surface area (Å²) in [5.74, 6) is -0.247. The first kappa shape index (κ1) is 17.0. The summed E-state index contributed by atoms with van der Waals surface area (Å²) in [5.41, 5.74) is 1.36. The fourth-order valence-electron chi connectivity index (χ4n) is 2.87. The molecule has 25 heavy (non-hydrogen) atoms. The average molecular weight is 347 g/mol. The first-order valence-electron chi connectivity index (χ1n) is 8.13. The van der Waals surface area contributed by atoms with E-state index in [1.807, 2.05) is 24.3 Å². The van der Waals surface area contributed by atoms with Crippen LogP contribution in [0.15, 0.2) is 29.1 Å². The van der Waals surface area contributed by atoms with Crippen molar-refractivity contribution >= 4 is 23.0 Å². The van der Waals surface area contributed by atoms with Crippen LogP contribution in [0.1, 0.15) is 0 Å². The third kappa shape index (κ3) is 3.66. The van der Waals surface area contributed by atoms with Crippen molar-refractivity contribution in [2.45, 2.75) is 12.6 Å². The Bertz CT molecular complexity index is 827. The number of ether oxygens (including phenoxy) is 1. The minimum Gasteiger partial charge on any atom is -0.365 e. The van der Waals surface area contributed by atoms with Gasteiger partial charge in [-0.3, -0.25) is 9.36 Å². The summed E-state index contributed by atoms with van der Waals surface area (Å²) >= 11 is 0. The minimum atomic E-state index is -0.652. The van der Waals surface area contributed by atoms with Gasteiger partial charge < -0.3 is 25.3 Å². The number of urea groups is 1. The van der Waals surface area contributed by atoms with E-state index in [1.165, 1.54) is 7.05 Å². The van der Waals surface area contributed by atoms with Crippen molar-refractivity contribution in [3.05, 3.63) is 34.7 Å². The summed E-state index contributed by atoms with van der Waals surface area (Å²) in [4.78, 5) is 40.2. The molecular weight excluding hydrogens is 326 g/mol. The lowest BCUT2D eigenvalue weighted by molar-refractivity contribution is -0.136. The van der Waals surface area contributed by atoms with Crippen molar-refractivity contribution in [3.63, 3.8) is 0 Å². The number of benzene rings is 1. The van der Waals surface area contributed by atoms with E-state index in [0.717, 1.165) is 11.0 Å². The molecule has 2 heterocycles. The van der Waals surface area contributed by atoms with Gasteiger partial charge in [0.15, 0.2) is 6.10 Å². The van der Waals surface area contributed by atoms with Crippen molar-refractivity contribution in [2.75, 3.05) is 33.3 Å². The molecule has 0 spiro atoms. The molecule has 134 valence electrons. The summed E-state index contributed by atoms with van der Waals surface area (Å²) in [6.45, 7) is 1.61. The number of hydrogen-bond acceptors (Lipinski definition) is 4. The highest BCUT2D eigenvalue weighted by atomic mass is 16.5. The molecule has 1 aromatic heterocycles. The highest BCUT2D eigenvalue weighted by Gasteiger charge is 2.28. The van der Waals surface area contributed by atoms with E-state index in [-0.39, 0.29) is 24.2 Å². The van der Waals surface area contributed by atoms with E-state index < -0.39 is 6.10 Å². The molecule has 1 aromatic carbocycles. The maximum absolute atomic E-state index is 12.3. The number of nitrogens with zero attached hydrogens (tertiary/aromatic N) is 2. The van der Waals surface area contributed by atoms with Crippen LogP contribution in [0.2, 0.25) is 0 Å². The molecule has 3 rings (SSSR count). The van der Waals surface area contributed by atoms with Gasteiger partial charge in [-0.25, -0.2) is 9.59 Å². The monoisotopic (exact) mass is 347 g/mol. The number of para-hydroxylation sites is 2. The summed E-state index contributed by atoms with van der Waals surface area (Å²) in [5, 5.41) is 5.30. The van der Waals surface area contributed by atoms with Gasteiger partial charge in [-0.05, 0) is 12.1 Å². The molecule has 1 atom stereocenters. The number of likely N-dealkylation sites (N-methyl/N-ethyl adjacent to an activating group) is 1. The maximum Gasteiger partial charge on any atom is 0.326 e. The Morgan fingerprint density at radius 3 is 2.96 bits per heavy atom. The quantitative estimate of drug-likeness (QED) is 0.692. The molecule has 1 unspecified atom stereocenters. The SMILES string of the molecule is CNC(=O)C1CN(C(=O)NCCn2c(=O)[nH]c3ccccc32)CCO1. The van der Waals surface area contributed by atoms with Crippen LogP contribution in [0.5, 0.6) is 0 Å². The van der Waals surface area contributed by atoms with Crippen LogP contribution >= 0.6 is 0 Å². The molecule has 0 saturated carbocycles. The number of carbonyl (C=O) groups excluding carboxylic acids is 2. The van der Waals surface area contributed by atoms with Crippen LogP contribution < -0.4 is 16.3 Å². The first-order valence-corrected chi connectivity index (χ1v) is 8.13. The number of H-pyrrole nitrogens is 1. The smallest absolute Gasteiger partial charge is 0.326 e. The second-order valence-electron chi connectivity index (χ2n) is 5.75. The molecule has 3 N–H and O–H groups in total. The number of aromatic amines is 1. The second kappa shape index (κ2) is 7.39. The molecule has 1 aliphatic heterocycles. The number of morpholine rings is 1. The Labute approximate surface area is 143 Å². The molecule has 2 aromatic rings. The zero-order valence-corrected chi connectivity index (χ0v) is 13.9. The predicted octanol–water partition coefficient (Wildman–Crippen LogP) is -0.514. The van der Waals surface area contributed by atoms with E-state index in [4.69, 9.17) is 4.74 Å². The number of hydrogen-bond donors (Lipinski definition) is 3. The summed E-state index contributed by atoms with van der Waals surface area (Å²) in [6.07, 6.45) is -0.652. The molecule has 9 heteroatoms. The number of imidazole rings is 1. The van der Waals surface area contributed by atoms with Crippen LogP contribution in [0.4, 0.5) is 4.79 Å². The van der Waals surface area contributed by atoms with Crippen molar-refractivity contribution in [1.82, 2.24) is 25.1 Å². The van der Waals surface area contributed by atoms with E-state index in [0.29, 0.717) is 26.2 Å². The number of rotatable bonds is 4. The van der Waals surface area contributed by atoms with Crippen molar-refractivity contribution in [1.29, 1.82) is 0 Å². The molecule has 0 radical (unpaired) electrons. The van der Waals surface area contributed by atoms with Gasteiger partial charge in [-0.15, -0.1) is 0 Å². The van der Waals surface area contributed by atoms with Crippen LogP contribution in [0.3, 0.4) is 0 Å². The fourth-order valence-corrected chi connectivity index (χ4v) is 2.87. The van der Waals surface area contributed by atoms with Crippen LogP contribution in [0.25, 0.3) is 11.0 Å². The lowest BCUT2D eigenvalue weighted by atomic mass is 10.2. The molecule has 1 fully saturated rings. The van der Waals surface area contributed by atoms with Gasteiger partial charge in [0, 0.05) is 26.7 Å². The lowest BCUT2D eigenvalue weighted by Gasteiger charge is -2.31. The van der Waals surface area contributed by atoms with Crippen molar-refractivity contribution in [2.24, 2.45) is 0 Å². The summed E-state index contributed by atoms with van der Waals surface area (Å²) in [6, 6.07) is 7.12. The molecule has 3 amide bonds. The summed E-state index contributed by atoms with van der Waals surface area (Å²) in [7, 11) is 1.53. The summed E-state index contributed by atoms with van der Waals surface area (Å²) < 4.78 is 6.94. The first-order chi connectivity index (χ1) is 12.1. The van der Waals surface area contributed by atoms with E-state index in [9.17, 15) is 14.4 Å². The van der Waals surface area contributed by atoms with Gasteiger partial charge in [0.05, 0.1) is 24.2 Å². The largest absolute Gasteiger partial charge is 0.365 e. The Morgan fingerprint density at radius 2 is 2.16 bits per heavy atom. The van der Waals surface area contributed by atoms with Crippen molar-refractivity contribution < 1.29 is 14.3 Å². The molecule has 9 nitrogen and oxygen atoms in total. The Balaban J connectivity index is 1.56. The van der Waals surface area contributed by atoms with Gasteiger partial charge in [0.1, 0.15) is 0 Å². The fraction of sp³-hybridized carbons (Fsp3) is 0.438. The average Bonchev–Trinajstić information content (AvgIpc) is 2.96. The second-order valence-corrected chi connectivity index (χ2v) is 5.75. The van der Waals surface area contributed by atoms with Crippen molar-refractivity contribution in [3.8, 4) is 0 Å². The number of fused-ring (bicyclic) bond motifs is 1. The molecule has 1 saturated heterocycles. The third-order valence-electron chi connectivity index (χ3n) is 4.19. The minimum absolute atomic E-state index is 0.207. The van der Waals surface area contributed by atoms with E-state index >= 15 is 0 Å². The number of carbonyl (C=O) groups is 2. The Kier molecular flexibility index (Phi) is 5.03. The molecule has 1 aliphatic rings. The Hall–Kier alpha value is -2.81. The lowest BCUT2D eigenvalue weighted by Crippen LogP contribution is -2.53. The zero-order chi connectivity index (χ0) is 17.8. The maximum atomic E-state index is 12.3. The molecule has 0 bridgehead atoms. The predicted molar refractivity (Wildman–Crippen MR) is 91.3 cm³/mol. The van der Waals surface area contributed by atoms with Gasteiger partial charge in [-0.2, -0.15) is 0 Å². The van der Waals surface area contributed by atoms with Crippen LogP contribution in [0, 0.1) is 0 Å². The van der Waals surface area contributed by atoms with E-state index in [2.05, 4.69) is 15.6 Å². The van der Waals surface area contributed by atoms with E-state index in [1.54, 1.807) is 9.47 Å². The Morgan fingerprint density at radius 1 is 1.36 bits per heavy atom. The topological polar surface area (TPSA) is 108 Å². The van der Waals surface area contributed by atoms with Gasteiger partial charge in [0.25, 0.3) is 5.91 Å². The number of nitrogens with one attached hydrogen (secondary N) is 3. The zero-order valence-electron chi connectivity index (χ0n) is 13.9. The van der Waals surface area contributed by atoms with Gasteiger partial charge >= 0.3 is 11.7 Å². The van der Waals surface area contributed by atoms with Crippen LogP contribution in [-0.4, -0.2) is 65.8 Å². The normalized spacial score (nSPS) is 17.5. The highest BCUT2D eigenvalue weighted by Crippen LogP contribution is 2.08. The number of aromatic nitrogens is 2. The van der Waals surface area contributed by atoms with Gasteiger partial charge in [-0.1, -0.05) is 12.1 Å². The molecular formula is C16H21N5O4. The van der Waals surface area contributed by atoms with Gasteiger partial charge in [0.2, 0.25) is 0 Å². The molecule has 0 aliphatic carbocycles. The third-order valence-corrected chi connectivity index (χ3v) is 4.19. The standard InChI is InChI=1S/C16H21N5O4/c1-17-14(22)13-10-20(8-9-25-13)15(23)18-6-7-21-12-5-3-2-4-11(12)19-16(21)24/h2-5,13H,6-10H2,1H3,(H,17,22)(H,18,23)(H,19,24). The highest BCUT2D eigenvalue weighted by molar-refractivity contribution is 5.82. The van der Waals surface area contributed by atoms with Crippen LogP contribution in [-0.2, 0) is 16.1 Å². The number of amides is 3.